The minimum atomic E-state index is 0.745. The summed E-state index contributed by atoms with van der Waals surface area (Å²) in [5.74, 6) is 1.50. The maximum absolute atomic E-state index is 4.26. The monoisotopic (exact) mass is 180 g/mol. The molecule has 1 aromatic heterocycles. The van der Waals surface area contributed by atoms with Crippen molar-refractivity contribution in [3.05, 3.63) is 18.0 Å². The molecule has 74 valence electrons. The molecule has 1 aromatic rings. The summed E-state index contributed by atoms with van der Waals surface area (Å²) in [5.41, 5.74) is 1.36. The summed E-state index contributed by atoms with van der Waals surface area (Å²) in [7, 11) is 0. The van der Waals surface area contributed by atoms with Gasteiger partial charge < -0.3 is 0 Å². The molecular formula is C11H20N2. The molecule has 0 saturated heterocycles. The molecule has 1 heterocycles. The minimum absolute atomic E-state index is 0.745. The fraction of sp³-hybridized carbons (Fsp3) is 0.727. The molecule has 2 heteroatoms. The van der Waals surface area contributed by atoms with Gasteiger partial charge in [-0.05, 0) is 30.7 Å². The Hall–Kier alpha value is -0.790. The second kappa shape index (κ2) is 4.45. The van der Waals surface area contributed by atoms with Gasteiger partial charge in [0.2, 0.25) is 0 Å². The lowest BCUT2D eigenvalue weighted by Crippen LogP contribution is -2.06. The smallest absolute Gasteiger partial charge is 0.0521 e. The molecule has 1 rings (SSSR count). The first kappa shape index (κ1) is 10.3. The van der Waals surface area contributed by atoms with Gasteiger partial charge in [-0.1, -0.05) is 20.8 Å². The summed E-state index contributed by atoms with van der Waals surface area (Å²) < 4.78 is 1.99. The van der Waals surface area contributed by atoms with Crippen molar-refractivity contribution in [3.8, 4) is 0 Å². The Morgan fingerprint density at radius 1 is 1.38 bits per heavy atom. The van der Waals surface area contributed by atoms with Crippen LogP contribution in [0.1, 0.15) is 33.3 Å². The zero-order valence-corrected chi connectivity index (χ0v) is 9.12. The Labute approximate surface area is 81.0 Å². The van der Waals surface area contributed by atoms with Crippen LogP contribution in [0, 0.1) is 11.8 Å². The van der Waals surface area contributed by atoms with Gasteiger partial charge in [0, 0.05) is 12.7 Å². The van der Waals surface area contributed by atoms with Crippen LogP contribution in [0.25, 0.3) is 0 Å². The summed E-state index contributed by atoms with van der Waals surface area (Å²) in [5, 5.41) is 4.26. The van der Waals surface area contributed by atoms with E-state index in [4.69, 9.17) is 0 Å². The number of aryl methyl sites for hydroxylation is 1. The lowest BCUT2D eigenvalue weighted by Gasteiger charge is -2.13. The number of hydrogen-bond donors (Lipinski definition) is 0. The average Bonchev–Trinajstić information content (AvgIpc) is 2.52. The lowest BCUT2D eigenvalue weighted by atomic mass is 9.92. The first-order chi connectivity index (χ1) is 6.13. The number of nitrogens with zero attached hydrogens (tertiary/aromatic N) is 2. The van der Waals surface area contributed by atoms with Crippen LogP contribution >= 0.6 is 0 Å². The quantitative estimate of drug-likeness (QED) is 0.696. The molecule has 2 nitrogen and oxygen atoms in total. The van der Waals surface area contributed by atoms with Crippen LogP contribution in [-0.2, 0) is 13.0 Å². The highest BCUT2D eigenvalue weighted by atomic mass is 15.3. The molecule has 13 heavy (non-hydrogen) atoms. The molecule has 0 spiro atoms. The van der Waals surface area contributed by atoms with Gasteiger partial charge in [-0.15, -0.1) is 0 Å². The van der Waals surface area contributed by atoms with E-state index >= 15 is 0 Å². The molecule has 0 N–H and O–H groups in total. The van der Waals surface area contributed by atoms with Gasteiger partial charge in [-0.2, -0.15) is 5.10 Å². The molecule has 0 amide bonds. The first-order valence-corrected chi connectivity index (χ1v) is 5.14. The highest BCUT2D eigenvalue weighted by Crippen LogP contribution is 2.15. The van der Waals surface area contributed by atoms with Gasteiger partial charge in [0.1, 0.15) is 0 Å². The van der Waals surface area contributed by atoms with E-state index in [-0.39, 0.29) is 0 Å². The van der Waals surface area contributed by atoms with Gasteiger partial charge in [-0.3, -0.25) is 4.68 Å². The lowest BCUT2D eigenvalue weighted by molar-refractivity contribution is 0.417. The Kier molecular flexibility index (Phi) is 3.52. The zero-order valence-electron chi connectivity index (χ0n) is 9.12. The van der Waals surface area contributed by atoms with Crippen LogP contribution in [0.5, 0.6) is 0 Å². The third-order valence-electron chi connectivity index (χ3n) is 2.71. The predicted octanol–water partition coefficient (Wildman–Crippen LogP) is 2.74. The van der Waals surface area contributed by atoms with Crippen molar-refractivity contribution in [2.75, 3.05) is 0 Å². The normalized spacial score (nSPS) is 13.6. The van der Waals surface area contributed by atoms with Gasteiger partial charge in [-0.25, -0.2) is 0 Å². The van der Waals surface area contributed by atoms with Crippen molar-refractivity contribution in [3.63, 3.8) is 0 Å². The largest absolute Gasteiger partial charge is 0.273 e. The van der Waals surface area contributed by atoms with Crippen LogP contribution in [0.3, 0.4) is 0 Å². The van der Waals surface area contributed by atoms with Crippen molar-refractivity contribution in [1.29, 1.82) is 0 Å². The number of rotatable bonds is 4. The summed E-state index contributed by atoms with van der Waals surface area (Å²) >= 11 is 0. The van der Waals surface area contributed by atoms with Crippen molar-refractivity contribution < 1.29 is 0 Å². The van der Waals surface area contributed by atoms with Crippen molar-refractivity contribution in [1.82, 2.24) is 9.78 Å². The maximum atomic E-state index is 4.26. The summed E-state index contributed by atoms with van der Waals surface area (Å²) in [6, 6.07) is 0. The third kappa shape index (κ3) is 2.87. The molecule has 0 aliphatic heterocycles. The first-order valence-electron chi connectivity index (χ1n) is 5.14. The highest BCUT2D eigenvalue weighted by molar-refractivity contribution is 5.04. The van der Waals surface area contributed by atoms with Crippen LogP contribution in [0.4, 0.5) is 0 Å². The van der Waals surface area contributed by atoms with E-state index < -0.39 is 0 Å². The summed E-state index contributed by atoms with van der Waals surface area (Å²) in [6.07, 6.45) is 5.29. The van der Waals surface area contributed by atoms with Crippen molar-refractivity contribution >= 4 is 0 Å². The van der Waals surface area contributed by atoms with Crippen molar-refractivity contribution in [2.45, 2.75) is 40.7 Å². The van der Waals surface area contributed by atoms with Crippen LogP contribution in [-0.4, -0.2) is 9.78 Å². The standard InChI is InChI=1S/C11H20N2/c1-5-13-8-11(7-12-13)6-10(4)9(2)3/h7-10H,5-6H2,1-4H3. The molecular weight excluding hydrogens is 160 g/mol. The molecule has 0 aliphatic carbocycles. The van der Waals surface area contributed by atoms with E-state index in [2.05, 4.69) is 39.0 Å². The summed E-state index contributed by atoms with van der Waals surface area (Å²) in [4.78, 5) is 0. The van der Waals surface area contributed by atoms with E-state index in [1.54, 1.807) is 0 Å². The Morgan fingerprint density at radius 2 is 2.08 bits per heavy atom. The average molecular weight is 180 g/mol. The van der Waals surface area contributed by atoms with Gasteiger partial charge in [0.25, 0.3) is 0 Å². The zero-order chi connectivity index (χ0) is 9.84. The molecule has 0 saturated carbocycles. The maximum Gasteiger partial charge on any atom is 0.0521 e. The number of hydrogen-bond acceptors (Lipinski definition) is 1. The van der Waals surface area contributed by atoms with Gasteiger partial charge in [0.05, 0.1) is 6.20 Å². The molecule has 1 atom stereocenters. The van der Waals surface area contributed by atoms with Crippen LogP contribution < -0.4 is 0 Å². The fourth-order valence-corrected chi connectivity index (χ4v) is 1.29. The Bertz CT molecular complexity index is 250. The number of aromatic nitrogens is 2. The third-order valence-corrected chi connectivity index (χ3v) is 2.71. The van der Waals surface area contributed by atoms with Crippen LogP contribution in [0.15, 0.2) is 12.4 Å². The van der Waals surface area contributed by atoms with E-state index in [1.165, 1.54) is 5.56 Å². The van der Waals surface area contributed by atoms with Gasteiger partial charge in [0.15, 0.2) is 0 Å². The van der Waals surface area contributed by atoms with E-state index in [1.807, 2.05) is 10.9 Å². The van der Waals surface area contributed by atoms with E-state index in [0.717, 1.165) is 24.8 Å². The minimum Gasteiger partial charge on any atom is -0.273 e. The fourth-order valence-electron chi connectivity index (χ4n) is 1.29. The van der Waals surface area contributed by atoms with E-state index in [0.29, 0.717) is 0 Å². The molecule has 0 fully saturated rings. The molecule has 1 unspecified atom stereocenters. The van der Waals surface area contributed by atoms with E-state index in [9.17, 15) is 0 Å². The predicted molar refractivity (Wildman–Crippen MR) is 55.6 cm³/mol. The summed E-state index contributed by atoms with van der Waals surface area (Å²) in [6.45, 7) is 9.93. The highest BCUT2D eigenvalue weighted by Gasteiger charge is 2.08. The van der Waals surface area contributed by atoms with Gasteiger partial charge >= 0.3 is 0 Å². The second-order valence-corrected chi connectivity index (χ2v) is 4.13. The Balaban J connectivity index is 2.53. The molecule has 0 aromatic carbocycles. The Morgan fingerprint density at radius 3 is 2.54 bits per heavy atom. The molecule has 0 radical (unpaired) electrons. The van der Waals surface area contributed by atoms with Crippen LogP contribution in [0.2, 0.25) is 0 Å². The topological polar surface area (TPSA) is 17.8 Å². The van der Waals surface area contributed by atoms with Crippen molar-refractivity contribution in [2.24, 2.45) is 11.8 Å². The molecule has 0 bridgehead atoms. The second-order valence-electron chi connectivity index (χ2n) is 4.13. The molecule has 0 aliphatic rings. The SMILES string of the molecule is CCn1cc(CC(C)C(C)C)cn1.